The number of benzene rings is 1. The molecule has 108 valence electrons. The number of nitrogens with zero attached hydrogens (tertiary/aromatic N) is 2. The Morgan fingerprint density at radius 2 is 1.85 bits per heavy atom. The third-order valence-electron chi connectivity index (χ3n) is 2.74. The molecule has 0 bridgehead atoms. The van der Waals surface area contributed by atoms with Crippen LogP contribution in [0.2, 0.25) is 0 Å². The summed E-state index contributed by atoms with van der Waals surface area (Å²) in [6.45, 7) is 0.831. The molecule has 7 heteroatoms. The molecule has 1 heterocycles. The van der Waals surface area contributed by atoms with Crippen molar-refractivity contribution in [3.05, 3.63) is 35.7 Å². The zero-order valence-electron chi connectivity index (χ0n) is 10.9. The lowest BCUT2D eigenvalue weighted by Crippen LogP contribution is -2.08. The molecule has 0 amide bonds. The van der Waals surface area contributed by atoms with E-state index in [2.05, 4.69) is 15.5 Å². The van der Waals surface area contributed by atoms with Gasteiger partial charge in [-0.25, -0.2) is 0 Å². The first-order valence-corrected chi connectivity index (χ1v) is 6.15. The number of nitrogens with one attached hydrogen (secondary N) is 1. The molecule has 0 radical (unpaired) electrons. The van der Waals surface area contributed by atoms with Crippen molar-refractivity contribution in [3.63, 3.8) is 0 Å². The molecule has 2 rings (SSSR count). The van der Waals surface area contributed by atoms with Crippen LogP contribution in [0.3, 0.4) is 0 Å². The molecular formula is C13H14F3N3O. The molecule has 0 atom stereocenters. The van der Waals surface area contributed by atoms with E-state index >= 15 is 0 Å². The Morgan fingerprint density at radius 1 is 1.15 bits per heavy atom. The predicted molar refractivity (Wildman–Crippen MR) is 67.0 cm³/mol. The maximum absolute atomic E-state index is 12.4. The molecule has 1 N–H and O–H groups in total. The van der Waals surface area contributed by atoms with E-state index in [-0.39, 0.29) is 5.89 Å². The van der Waals surface area contributed by atoms with Gasteiger partial charge in [0.25, 0.3) is 0 Å². The van der Waals surface area contributed by atoms with Crippen molar-refractivity contribution in [2.24, 2.45) is 0 Å². The maximum Gasteiger partial charge on any atom is 0.416 e. The largest absolute Gasteiger partial charge is 0.421 e. The highest BCUT2D eigenvalue weighted by atomic mass is 19.4. The summed E-state index contributed by atoms with van der Waals surface area (Å²) in [7, 11) is 1.85. The van der Waals surface area contributed by atoms with E-state index in [1.807, 2.05) is 7.05 Å². The summed E-state index contributed by atoms with van der Waals surface area (Å²) in [4.78, 5) is 0. The lowest BCUT2D eigenvalue weighted by molar-refractivity contribution is -0.137. The average molecular weight is 285 g/mol. The summed E-state index contributed by atoms with van der Waals surface area (Å²) in [5.41, 5.74) is -0.222. The highest BCUT2D eigenvalue weighted by Crippen LogP contribution is 2.30. The fraction of sp³-hybridized carbons (Fsp3) is 0.385. The van der Waals surface area contributed by atoms with Crippen LogP contribution >= 0.6 is 0 Å². The molecule has 0 saturated heterocycles. The Morgan fingerprint density at radius 3 is 2.45 bits per heavy atom. The van der Waals surface area contributed by atoms with E-state index in [0.29, 0.717) is 17.9 Å². The molecule has 0 saturated carbocycles. The smallest absolute Gasteiger partial charge is 0.416 e. The molecule has 2 aromatic rings. The third-order valence-corrected chi connectivity index (χ3v) is 2.74. The van der Waals surface area contributed by atoms with Gasteiger partial charge in [-0.1, -0.05) is 0 Å². The van der Waals surface area contributed by atoms with Gasteiger partial charge in [-0.15, -0.1) is 10.2 Å². The van der Waals surface area contributed by atoms with Crippen molar-refractivity contribution in [1.29, 1.82) is 0 Å². The number of rotatable bonds is 5. The molecule has 0 fully saturated rings. The van der Waals surface area contributed by atoms with Crippen molar-refractivity contribution in [2.75, 3.05) is 13.6 Å². The normalized spacial score (nSPS) is 11.8. The average Bonchev–Trinajstić information content (AvgIpc) is 2.87. The number of aryl methyl sites for hydroxylation is 1. The number of hydrogen-bond acceptors (Lipinski definition) is 4. The van der Waals surface area contributed by atoms with Gasteiger partial charge >= 0.3 is 6.18 Å². The van der Waals surface area contributed by atoms with Crippen LogP contribution in [0.25, 0.3) is 11.5 Å². The molecule has 20 heavy (non-hydrogen) atoms. The first-order valence-electron chi connectivity index (χ1n) is 6.15. The van der Waals surface area contributed by atoms with Gasteiger partial charge in [-0.3, -0.25) is 0 Å². The van der Waals surface area contributed by atoms with Crippen molar-refractivity contribution >= 4 is 0 Å². The summed E-state index contributed by atoms with van der Waals surface area (Å²) >= 11 is 0. The lowest BCUT2D eigenvalue weighted by atomic mass is 10.1. The van der Waals surface area contributed by atoms with Crippen molar-refractivity contribution in [3.8, 4) is 11.5 Å². The van der Waals surface area contributed by atoms with Gasteiger partial charge in [0.2, 0.25) is 11.8 Å². The minimum absolute atomic E-state index is 0.234. The van der Waals surface area contributed by atoms with Gasteiger partial charge < -0.3 is 9.73 Å². The lowest BCUT2D eigenvalue weighted by Gasteiger charge is -2.05. The first-order chi connectivity index (χ1) is 9.50. The second-order valence-electron chi connectivity index (χ2n) is 4.28. The summed E-state index contributed by atoms with van der Waals surface area (Å²) in [5, 5.41) is 10.7. The third kappa shape index (κ3) is 3.57. The van der Waals surface area contributed by atoms with Crippen molar-refractivity contribution in [1.82, 2.24) is 15.5 Å². The van der Waals surface area contributed by atoms with Gasteiger partial charge in [-0.05, 0) is 44.3 Å². The Balaban J connectivity index is 2.08. The van der Waals surface area contributed by atoms with Crippen LogP contribution < -0.4 is 5.32 Å². The van der Waals surface area contributed by atoms with Crippen LogP contribution in [-0.2, 0) is 12.6 Å². The molecule has 0 aliphatic carbocycles. The Kier molecular flexibility index (Phi) is 4.39. The first kappa shape index (κ1) is 14.5. The van der Waals surface area contributed by atoms with E-state index < -0.39 is 11.7 Å². The van der Waals surface area contributed by atoms with Crippen LogP contribution in [0.4, 0.5) is 13.2 Å². The van der Waals surface area contributed by atoms with E-state index in [9.17, 15) is 13.2 Å². The van der Waals surface area contributed by atoms with Crippen molar-refractivity contribution in [2.45, 2.75) is 19.0 Å². The van der Waals surface area contributed by atoms with Gasteiger partial charge in [0, 0.05) is 12.0 Å². The molecular weight excluding hydrogens is 271 g/mol. The highest BCUT2D eigenvalue weighted by Gasteiger charge is 2.30. The highest BCUT2D eigenvalue weighted by molar-refractivity contribution is 5.53. The van der Waals surface area contributed by atoms with Gasteiger partial charge in [0.1, 0.15) is 0 Å². The Bertz CT molecular complexity index is 549. The van der Waals surface area contributed by atoms with Gasteiger partial charge in [0.15, 0.2) is 0 Å². The summed E-state index contributed by atoms with van der Waals surface area (Å²) in [6.07, 6.45) is -2.86. The zero-order valence-corrected chi connectivity index (χ0v) is 10.9. The van der Waals surface area contributed by atoms with Gasteiger partial charge in [-0.2, -0.15) is 13.2 Å². The van der Waals surface area contributed by atoms with Crippen LogP contribution in [0.1, 0.15) is 17.9 Å². The number of alkyl halides is 3. The van der Waals surface area contributed by atoms with Crippen LogP contribution in [-0.4, -0.2) is 23.8 Å². The molecule has 0 spiro atoms. The molecule has 0 aliphatic heterocycles. The molecule has 1 aromatic carbocycles. The fourth-order valence-corrected chi connectivity index (χ4v) is 1.69. The fourth-order valence-electron chi connectivity index (χ4n) is 1.69. The monoisotopic (exact) mass is 285 g/mol. The Labute approximate surface area is 114 Å². The number of aromatic nitrogens is 2. The summed E-state index contributed by atoms with van der Waals surface area (Å²) < 4.78 is 42.7. The SMILES string of the molecule is CNCCCc1nnc(-c2ccc(C(F)(F)F)cc2)o1. The molecule has 1 aromatic heterocycles. The number of halogens is 3. The molecule has 0 aliphatic rings. The van der Waals surface area contributed by atoms with E-state index in [1.54, 1.807) is 0 Å². The van der Waals surface area contributed by atoms with E-state index in [0.717, 1.165) is 25.1 Å². The van der Waals surface area contributed by atoms with Crippen LogP contribution in [0, 0.1) is 0 Å². The minimum Gasteiger partial charge on any atom is -0.421 e. The Hall–Kier alpha value is -1.89. The topological polar surface area (TPSA) is 51.0 Å². The minimum atomic E-state index is -4.34. The standard InChI is InChI=1S/C13H14F3N3O/c1-17-8-2-3-11-18-19-12(20-11)9-4-6-10(7-5-9)13(14,15)16/h4-7,17H,2-3,8H2,1H3. The summed E-state index contributed by atoms with van der Waals surface area (Å²) in [6, 6.07) is 4.65. The van der Waals surface area contributed by atoms with Crippen LogP contribution in [0.15, 0.2) is 28.7 Å². The molecule has 0 unspecified atom stereocenters. The number of hydrogen-bond donors (Lipinski definition) is 1. The van der Waals surface area contributed by atoms with Crippen LogP contribution in [0.5, 0.6) is 0 Å². The molecule has 4 nitrogen and oxygen atoms in total. The second-order valence-corrected chi connectivity index (χ2v) is 4.28. The predicted octanol–water partition coefficient (Wildman–Crippen LogP) is 2.91. The van der Waals surface area contributed by atoms with Gasteiger partial charge in [0.05, 0.1) is 5.56 Å². The quantitative estimate of drug-likeness (QED) is 0.858. The van der Waals surface area contributed by atoms with Crippen molar-refractivity contribution < 1.29 is 17.6 Å². The zero-order chi connectivity index (χ0) is 14.6. The second kappa shape index (κ2) is 6.04. The van der Waals surface area contributed by atoms with E-state index in [1.165, 1.54) is 12.1 Å². The van der Waals surface area contributed by atoms with E-state index in [4.69, 9.17) is 4.42 Å². The summed E-state index contributed by atoms with van der Waals surface area (Å²) in [5.74, 6) is 0.716. The maximum atomic E-state index is 12.4.